The number of phenols is 1. The van der Waals surface area contributed by atoms with Gasteiger partial charge in [-0.2, -0.15) is 0 Å². The van der Waals surface area contributed by atoms with Gasteiger partial charge in [0.2, 0.25) is 17.2 Å². The molecular weight excluding hydrogens is 624 g/mol. The number of likely N-dealkylation sites (N-methyl/N-ethyl adjacent to an activating group) is 2. The number of hydrogen-bond donors (Lipinski definition) is 1. The lowest BCUT2D eigenvalue weighted by atomic mass is 9.86. The van der Waals surface area contributed by atoms with Crippen molar-refractivity contribution in [2.75, 3.05) is 62.7 Å². The maximum atomic E-state index is 11.4. The summed E-state index contributed by atoms with van der Waals surface area (Å²) in [6.07, 6.45) is 2.85. The summed E-state index contributed by atoms with van der Waals surface area (Å²) in [5.41, 5.74) is 6.28. The molecule has 4 aromatic rings. The van der Waals surface area contributed by atoms with E-state index in [1.807, 2.05) is 18.2 Å². The van der Waals surface area contributed by atoms with Crippen LogP contribution in [0, 0.1) is 0 Å². The van der Waals surface area contributed by atoms with Gasteiger partial charge in [-0.1, -0.05) is 18.2 Å². The Hall–Kier alpha value is -4.80. The van der Waals surface area contributed by atoms with Gasteiger partial charge >= 0.3 is 0 Å². The van der Waals surface area contributed by atoms with Crippen LogP contribution in [0.2, 0.25) is 0 Å². The molecule has 2 atom stereocenters. The number of ether oxygens (including phenoxy) is 7. The number of hydrogen-bond acceptors (Lipinski definition) is 10. The van der Waals surface area contributed by atoms with Crippen molar-refractivity contribution in [1.82, 2.24) is 9.80 Å². The van der Waals surface area contributed by atoms with Crippen LogP contribution in [0.5, 0.6) is 57.5 Å². The van der Waals surface area contributed by atoms with Crippen LogP contribution >= 0.6 is 0 Å². The van der Waals surface area contributed by atoms with Gasteiger partial charge < -0.3 is 38.3 Å². The number of phenolic OH excluding ortho intramolecular Hbond substituents is 1. The number of benzene rings is 4. The van der Waals surface area contributed by atoms with Gasteiger partial charge in [0.25, 0.3) is 0 Å². The van der Waals surface area contributed by atoms with Crippen molar-refractivity contribution in [3.63, 3.8) is 0 Å². The highest BCUT2D eigenvalue weighted by molar-refractivity contribution is 5.70. The smallest absolute Gasteiger partial charge is 0.208 e. The maximum absolute atomic E-state index is 11.4. The highest BCUT2D eigenvalue weighted by Crippen LogP contribution is 2.57. The Balaban J connectivity index is 1.53. The van der Waals surface area contributed by atoms with Gasteiger partial charge in [-0.3, -0.25) is 9.80 Å². The van der Waals surface area contributed by atoms with E-state index in [0.717, 1.165) is 48.2 Å². The molecule has 0 spiro atoms. The van der Waals surface area contributed by atoms with E-state index < -0.39 is 0 Å². The molecule has 10 heteroatoms. The second-order valence-corrected chi connectivity index (χ2v) is 12.9. The first kappa shape index (κ1) is 32.7. The van der Waals surface area contributed by atoms with Crippen LogP contribution in [0.3, 0.4) is 0 Å². The first-order chi connectivity index (χ1) is 23.8. The molecule has 4 aromatic carbocycles. The molecule has 0 aromatic heterocycles. The Labute approximate surface area is 287 Å². The van der Waals surface area contributed by atoms with Crippen molar-refractivity contribution in [2.45, 2.75) is 37.8 Å². The van der Waals surface area contributed by atoms with E-state index in [9.17, 15) is 5.11 Å². The average Bonchev–Trinajstić information content (AvgIpc) is 3.11. The predicted octanol–water partition coefficient (Wildman–Crippen LogP) is 6.88. The molecule has 10 nitrogen and oxygen atoms in total. The first-order valence-electron chi connectivity index (χ1n) is 16.6. The molecule has 0 saturated carbocycles. The molecule has 49 heavy (non-hydrogen) atoms. The SMILES string of the molecule is COc1cc2c3cc1Oc1c(OC)c(OC)c(OC)c4c1C(Cc1ccc(OC)c(O)c1Oc1ccc(cc1)CC3N(C)CC2)N(C)CC4. The summed E-state index contributed by atoms with van der Waals surface area (Å²) in [5.74, 6) is 4.51. The molecule has 1 N–H and O–H groups in total. The zero-order chi connectivity index (χ0) is 34.4. The van der Waals surface area contributed by atoms with E-state index in [0.29, 0.717) is 64.6 Å². The Morgan fingerprint density at radius 2 is 1.35 bits per heavy atom. The number of methoxy groups -OCH3 is 5. The number of aromatic hydroxyl groups is 1. The molecule has 4 aliphatic heterocycles. The van der Waals surface area contributed by atoms with Crippen molar-refractivity contribution >= 4 is 0 Å². The van der Waals surface area contributed by atoms with E-state index in [4.69, 9.17) is 33.2 Å². The average molecular weight is 669 g/mol. The fourth-order valence-electron chi connectivity index (χ4n) is 7.66. The van der Waals surface area contributed by atoms with Crippen LogP contribution in [-0.2, 0) is 25.7 Å². The second-order valence-electron chi connectivity index (χ2n) is 12.9. The summed E-state index contributed by atoms with van der Waals surface area (Å²) in [6, 6.07) is 15.9. The zero-order valence-corrected chi connectivity index (χ0v) is 29.2. The molecule has 4 heterocycles. The van der Waals surface area contributed by atoms with Gasteiger partial charge in [0, 0.05) is 41.9 Å². The summed E-state index contributed by atoms with van der Waals surface area (Å²) < 4.78 is 43.1. The molecule has 0 fully saturated rings. The van der Waals surface area contributed by atoms with Crippen LogP contribution in [0.4, 0.5) is 0 Å². The maximum Gasteiger partial charge on any atom is 0.208 e. The quantitative estimate of drug-likeness (QED) is 0.243. The molecule has 0 radical (unpaired) electrons. The molecule has 0 amide bonds. The Kier molecular flexibility index (Phi) is 8.85. The van der Waals surface area contributed by atoms with E-state index >= 15 is 0 Å². The van der Waals surface area contributed by atoms with Crippen LogP contribution < -0.4 is 33.2 Å². The number of nitrogens with zero attached hydrogens (tertiary/aromatic N) is 2. The van der Waals surface area contributed by atoms with Crippen molar-refractivity contribution in [1.29, 1.82) is 0 Å². The monoisotopic (exact) mass is 668 g/mol. The topological polar surface area (TPSA) is 91.3 Å². The summed E-state index contributed by atoms with van der Waals surface area (Å²) in [6.45, 7) is 1.67. The Morgan fingerprint density at radius 1 is 0.653 bits per heavy atom. The second kappa shape index (κ2) is 13.2. The molecule has 4 bridgehead atoms. The van der Waals surface area contributed by atoms with Crippen molar-refractivity contribution in [3.05, 3.63) is 81.9 Å². The van der Waals surface area contributed by atoms with Crippen molar-refractivity contribution in [2.24, 2.45) is 0 Å². The third kappa shape index (κ3) is 5.62. The van der Waals surface area contributed by atoms with Gasteiger partial charge in [0.05, 0.1) is 35.5 Å². The molecule has 4 aliphatic rings. The lowest BCUT2D eigenvalue weighted by Gasteiger charge is -2.38. The van der Waals surface area contributed by atoms with Crippen LogP contribution in [0.25, 0.3) is 0 Å². The summed E-state index contributed by atoms with van der Waals surface area (Å²) in [5, 5.41) is 11.4. The van der Waals surface area contributed by atoms with Gasteiger partial charge in [-0.15, -0.1) is 0 Å². The van der Waals surface area contributed by atoms with E-state index in [1.165, 1.54) is 18.2 Å². The molecule has 0 aliphatic carbocycles. The van der Waals surface area contributed by atoms with E-state index in [-0.39, 0.29) is 17.8 Å². The van der Waals surface area contributed by atoms with Crippen LogP contribution in [-0.4, -0.2) is 77.6 Å². The van der Waals surface area contributed by atoms with Gasteiger partial charge in [0.1, 0.15) is 5.75 Å². The predicted molar refractivity (Wildman–Crippen MR) is 186 cm³/mol. The van der Waals surface area contributed by atoms with E-state index in [1.54, 1.807) is 34.5 Å². The fraction of sp³-hybridized carbons (Fsp3) is 0.385. The number of fused-ring (bicyclic) bond motifs is 2. The molecule has 8 rings (SSSR count). The molecule has 2 unspecified atom stereocenters. The summed E-state index contributed by atoms with van der Waals surface area (Å²) in [4.78, 5) is 4.67. The van der Waals surface area contributed by atoms with Crippen LogP contribution in [0.15, 0.2) is 48.5 Å². The highest BCUT2D eigenvalue weighted by atomic mass is 16.6. The Morgan fingerprint density at radius 3 is 2.04 bits per heavy atom. The highest BCUT2D eigenvalue weighted by Gasteiger charge is 2.38. The molecular formula is C39H44N2O8. The minimum Gasteiger partial charge on any atom is -0.502 e. The minimum atomic E-state index is -0.233. The number of rotatable bonds is 5. The summed E-state index contributed by atoms with van der Waals surface area (Å²) in [7, 11) is 12.3. The van der Waals surface area contributed by atoms with Crippen molar-refractivity contribution in [3.8, 4) is 57.5 Å². The third-order valence-electron chi connectivity index (χ3n) is 10.3. The Bertz CT molecular complexity index is 1880. The van der Waals surface area contributed by atoms with Gasteiger partial charge in [-0.05, 0) is 86.8 Å². The normalized spacial score (nSPS) is 18.7. The molecule has 0 saturated heterocycles. The lowest BCUT2D eigenvalue weighted by Crippen LogP contribution is -2.34. The first-order valence-corrected chi connectivity index (χ1v) is 16.6. The minimum absolute atomic E-state index is 0.0563. The lowest BCUT2D eigenvalue weighted by molar-refractivity contribution is 0.215. The van der Waals surface area contributed by atoms with Crippen molar-refractivity contribution < 1.29 is 38.3 Å². The third-order valence-corrected chi connectivity index (χ3v) is 10.3. The van der Waals surface area contributed by atoms with Gasteiger partial charge in [0.15, 0.2) is 34.5 Å². The largest absolute Gasteiger partial charge is 0.502 e. The standard InChI is InChI=1S/C39H44N2O8/c1-40-16-14-23-20-31(44-4)32-21-27(23)28(40)18-22-8-11-25(12-9-22)48-35-24(10-13-30(43-3)34(35)42)19-29-33-26(15-17-41(29)2)36(45-5)38(46-6)39(47-7)37(33)49-32/h8-13,20-21,28-29,42H,14-19H2,1-7H3. The van der Waals surface area contributed by atoms with Gasteiger partial charge in [-0.25, -0.2) is 0 Å². The molecule has 258 valence electrons. The van der Waals surface area contributed by atoms with Crippen LogP contribution in [0.1, 0.15) is 45.5 Å². The summed E-state index contributed by atoms with van der Waals surface area (Å²) >= 11 is 0. The van der Waals surface area contributed by atoms with E-state index in [2.05, 4.69) is 48.2 Å². The fourth-order valence-corrected chi connectivity index (χ4v) is 7.66. The zero-order valence-electron chi connectivity index (χ0n) is 29.2.